The van der Waals surface area contributed by atoms with Gasteiger partial charge in [-0.15, -0.1) is 0 Å². The fourth-order valence-corrected chi connectivity index (χ4v) is 1.92. The van der Waals surface area contributed by atoms with Crippen LogP contribution < -0.4 is 15.2 Å². The molecule has 1 unspecified atom stereocenters. The monoisotopic (exact) mass is 279 g/mol. The van der Waals surface area contributed by atoms with Crippen molar-refractivity contribution >= 4 is 0 Å². The summed E-state index contributed by atoms with van der Waals surface area (Å²) in [5.74, 6) is 2.31. The van der Waals surface area contributed by atoms with E-state index in [4.69, 9.17) is 15.2 Å². The van der Waals surface area contributed by atoms with Crippen LogP contribution in [-0.2, 0) is 6.42 Å². The van der Waals surface area contributed by atoms with Gasteiger partial charge in [-0.2, -0.15) is 0 Å². The second-order valence-corrected chi connectivity index (χ2v) is 5.62. The third-order valence-electron chi connectivity index (χ3n) is 3.28. The number of hydrogen-bond donors (Lipinski definition) is 1. The average Bonchev–Trinajstić information content (AvgIpc) is 2.41. The van der Waals surface area contributed by atoms with Crippen molar-refractivity contribution in [2.75, 3.05) is 13.2 Å². The van der Waals surface area contributed by atoms with Gasteiger partial charge in [-0.3, -0.25) is 0 Å². The molecule has 0 heterocycles. The Kier molecular flexibility index (Phi) is 7.45. The van der Waals surface area contributed by atoms with E-state index < -0.39 is 0 Å². The minimum Gasteiger partial charge on any atom is -0.490 e. The van der Waals surface area contributed by atoms with E-state index in [1.54, 1.807) is 0 Å². The summed E-state index contributed by atoms with van der Waals surface area (Å²) in [6.07, 6.45) is 2.91. The van der Waals surface area contributed by atoms with Gasteiger partial charge < -0.3 is 15.2 Å². The quantitative estimate of drug-likeness (QED) is 0.748. The first-order valence-electron chi connectivity index (χ1n) is 7.70. The molecule has 0 aromatic heterocycles. The Morgan fingerprint density at radius 2 is 1.85 bits per heavy atom. The van der Waals surface area contributed by atoms with Crippen LogP contribution in [0.4, 0.5) is 0 Å². The summed E-state index contributed by atoms with van der Waals surface area (Å²) in [6, 6.07) is 6.35. The molecular formula is C17H29NO2. The summed E-state index contributed by atoms with van der Waals surface area (Å²) in [5.41, 5.74) is 7.22. The predicted octanol–water partition coefficient (Wildman–Crippen LogP) is 3.79. The van der Waals surface area contributed by atoms with Crippen molar-refractivity contribution in [2.45, 2.75) is 53.0 Å². The smallest absolute Gasteiger partial charge is 0.161 e. The summed E-state index contributed by atoms with van der Waals surface area (Å²) in [5, 5.41) is 0. The molecule has 0 radical (unpaired) electrons. The number of nitrogens with two attached hydrogens (primary N) is 1. The zero-order chi connectivity index (χ0) is 15.0. The summed E-state index contributed by atoms with van der Waals surface area (Å²) < 4.78 is 11.5. The molecule has 114 valence electrons. The Morgan fingerprint density at radius 1 is 1.10 bits per heavy atom. The Bertz CT molecular complexity index is 391. The lowest BCUT2D eigenvalue weighted by molar-refractivity contribution is 0.261. The maximum atomic E-state index is 6.01. The van der Waals surface area contributed by atoms with Crippen molar-refractivity contribution in [1.29, 1.82) is 0 Å². The van der Waals surface area contributed by atoms with E-state index in [0.29, 0.717) is 12.5 Å². The van der Waals surface area contributed by atoms with Crippen molar-refractivity contribution in [3.8, 4) is 11.5 Å². The van der Waals surface area contributed by atoms with Crippen LogP contribution in [0.1, 0.15) is 46.1 Å². The van der Waals surface area contributed by atoms with Crippen molar-refractivity contribution in [2.24, 2.45) is 11.7 Å². The van der Waals surface area contributed by atoms with E-state index in [1.807, 2.05) is 13.0 Å². The van der Waals surface area contributed by atoms with E-state index in [-0.39, 0.29) is 6.04 Å². The number of benzene rings is 1. The molecule has 0 saturated heterocycles. The van der Waals surface area contributed by atoms with Crippen molar-refractivity contribution < 1.29 is 9.47 Å². The maximum Gasteiger partial charge on any atom is 0.161 e. The van der Waals surface area contributed by atoms with E-state index in [2.05, 4.69) is 32.9 Å². The second kappa shape index (κ2) is 8.85. The van der Waals surface area contributed by atoms with Gasteiger partial charge in [-0.1, -0.05) is 26.8 Å². The molecule has 1 atom stereocenters. The molecule has 3 heteroatoms. The molecule has 0 aliphatic heterocycles. The lowest BCUT2D eigenvalue weighted by Gasteiger charge is -2.15. The van der Waals surface area contributed by atoms with Gasteiger partial charge in [0.2, 0.25) is 0 Å². The van der Waals surface area contributed by atoms with Crippen LogP contribution in [0, 0.1) is 5.92 Å². The van der Waals surface area contributed by atoms with Gasteiger partial charge >= 0.3 is 0 Å². The van der Waals surface area contributed by atoms with E-state index >= 15 is 0 Å². The standard InChI is InChI=1S/C17H29NO2/c1-5-15(18)11-14-7-8-16(17(12-14)19-6-2)20-10-9-13(3)4/h7-8,12-13,15H,5-6,9-11,18H2,1-4H3. The normalized spacial score (nSPS) is 12.5. The van der Waals surface area contributed by atoms with Crippen LogP contribution in [0.3, 0.4) is 0 Å². The highest BCUT2D eigenvalue weighted by molar-refractivity contribution is 5.43. The lowest BCUT2D eigenvalue weighted by Crippen LogP contribution is -2.21. The minimum atomic E-state index is 0.206. The highest BCUT2D eigenvalue weighted by Gasteiger charge is 2.09. The molecule has 3 nitrogen and oxygen atoms in total. The maximum absolute atomic E-state index is 6.01. The first-order chi connectivity index (χ1) is 9.56. The van der Waals surface area contributed by atoms with Crippen molar-refractivity contribution in [1.82, 2.24) is 0 Å². The Morgan fingerprint density at radius 3 is 2.45 bits per heavy atom. The highest BCUT2D eigenvalue weighted by Crippen LogP contribution is 2.29. The van der Waals surface area contributed by atoms with Gasteiger partial charge in [-0.25, -0.2) is 0 Å². The minimum absolute atomic E-state index is 0.206. The molecular weight excluding hydrogens is 250 g/mol. The van der Waals surface area contributed by atoms with Crippen molar-refractivity contribution in [3.63, 3.8) is 0 Å². The largest absolute Gasteiger partial charge is 0.490 e. The van der Waals surface area contributed by atoms with Gasteiger partial charge in [-0.05, 0) is 49.8 Å². The summed E-state index contributed by atoms with van der Waals surface area (Å²) in [4.78, 5) is 0. The third kappa shape index (κ3) is 5.83. The van der Waals surface area contributed by atoms with Crippen LogP contribution >= 0.6 is 0 Å². The Balaban J connectivity index is 2.73. The first kappa shape index (κ1) is 16.8. The zero-order valence-electron chi connectivity index (χ0n) is 13.3. The number of rotatable bonds is 9. The Hall–Kier alpha value is -1.22. The van der Waals surface area contributed by atoms with Gasteiger partial charge in [0.1, 0.15) is 0 Å². The molecule has 1 aromatic rings. The molecule has 0 aliphatic carbocycles. The van der Waals surface area contributed by atoms with Gasteiger partial charge in [0.15, 0.2) is 11.5 Å². The highest BCUT2D eigenvalue weighted by atomic mass is 16.5. The Labute approximate surface area is 123 Å². The molecule has 0 amide bonds. The van der Waals surface area contributed by atoms with Crippen LogP contribution in [0.25, 0.3) is 0 Å². The van der Waals surface area contributed by atoms with E-state index in [0.717, 1.165) is 37.4 Å². The number of hydrogen-bond acceptors (Lipinski definition) is 3. The fraction of sp³-hybridized carbons (Fsp3) is 0.647. The molecule has 0 aliphatic rings. The second-order valence-electron chi connectivity index (χ2n) is 5.62. The van der Waals surface area contributed by atoms with E-state index in [1.165, 1.54) is 5.56 Å². The van der Waals surface area contributed by atoms with E-state index in [9.17, 15) is 0 Å². The fourth-order valence-electron chi connectivity index (χ4n) is 1.92. The molecule has 0 spiro atoms. The zero-order valence-corrected chi connectivity index (χ0v) is 13.3. The molecule has 1 aromatic carbocycles. The van der Waals surface area contributed by atoms with Crippen molar-refractivity contribution in [3.05, 3.63) is 23.8 Å². The summed E-state index contributed by atoms with van der Waals surface area (Å²) in [7, 11) is 0. The molecule has 0 fully saturated rings. The van der Waals surface area contributed by atoms with Crippen LogP contribution in [0.2, 0.25) is 0 Å². The molecule has 1 rings (SSSR count). The summed E-state index contributed by atoms with van der Waals surface area (Å²) in [6.45, 7) is 9.86. The first-order valence-corrected chi connectivity index (χ1v) is 7.70. The molecule has 0 bridgehead atoms. The molecule has 20 heavy (non-hydrogen) atoms. The third-order valence-corrected chi connectivity index (χ3v) is 3.28. The SMILES string of the molecule is CCOc1cc(CC(N)CC)ccc1OCCC(C)C. The van der Waals surface area contributed by atoms with Gasteiger partial charge in [0.05, 0.1) is 13.2 Å². The van der Waals surface area contributed by atoms with Gasteiger partial charge in [0, 0.05) is 6.04 Å². The molecule has 2 N–H and O–H groups in total. The summed E-state index contributed by atoms with van der Waals surface area (Å²) >= 11 is 0. The van der Waals surface area contributed by atoms with Crippen LogP contribution in [0.5, 0.6) is 11.5 Å². The average molecular weight is 279 g/mol. The topological polar surface area (TPSA) is 44.5 Å². The van der Waals surface area contributed by atoms with Gasteiger partial charge in [0.25, 0.3) is 0 Å². The molecule has 0 saturated carbocycles. The number of ether oxygens (including phenoxy) is 2. The predicted molar refractivity (Wildman–Crippen MR) is 84.5 cm³/mol. The van der Waals surface area contributed by atoms with Crippen LogP contribution in [-0.4, -0.2) is 19.3 Å². The van der Waals surface area contributed by atoms with Crippen LogP contribution in [0.15, 0.2) is 18.2 Å². The lowest BCUT2D eigenvalue weighted by atomic mass is 10.0.